The second-order valence-corrected chi connectivity index (χ2v) is 5.42. The van der Waals surface area contributed by atoms with Crippen LogP contribution >= 0.6 is 0 Å². The maximum Gasteiger partial charge on any atom is 0.214 e. The minimum atomic E-state index is -0.884. The van der Waals surface area contributed by atoms with Crippen molar-refractivity contribution in [2.24, 2.45) is 5.92 Å². The Labute approximate surface area is 58.3 Å². The van der Waals surface area contributed by atoms with E-state index < -0.39 is 8.96 Å². The summed E-state index contributed by atoms with van der Waals surface area (Å²) in [6, 6.07) is 0. The predicted molar refractivity (Wildman–Crippen MR) is 41.9 cm³/mol. The first-order valence-corrected chi connectivity index (χ1v) is 6.23. The summed E-state index contributed by atoms with van der Waals surface area (Å²) in [7, 11) is -0.884. The van der Waals surface area contributed by atoms with Gasteiger partial charge in [-0.3, -0.25) is 4.79 Å². The SMILES string of the molecule is CC(C)C(=O)N[SiH](C)C. The number of hydrogen-bond donors (Lipinski definition) is 1. The van der Waals surface area contributed by atoms with Gasteiger partial charge in [-0.2, -0.15) is 0 Å². The van der Waals surface area contributed by atoms with Crippen molar-refractivity contribution in [3.8, 4) is 0 Å². The third-order valence-corrected chi connectivity index (χ3v) is 1.82. The Balaban J connectivity index is 3.51. The van der Waals surface area contributed by atoms with Crippen LogP contribution in [-0.2, 0) is 4.79 Å². The van der Waals surface area contributed by atoms with E-state index in [-0.39, 0.29) is 11.8 Å². The lowest BCUT2D eigenvalue weighted by Gasteiger charge is -2.08. The van der Waals surface area contributed by atoms with E-state index in [9.17, 15) is 4.79 Å². The van der Waals surface area contributed by atoms with E-state index in [1.165, 1.54) is 0 Å². The summed E-state index contributed by atoms with van der Waals surface area (Å²) in [6.45, 7) is 8.01. The van der Waals surface area contributed by atoms with Gasteiger partial charge < -0.3 is 4.98 Å². The Morgan fingerprint density at radius 2 is 1.89 bits per heavy atom. The molecule has 0 heterocycles. The van der Waals surface area contributed by atoms with Crippen LogP contribution in [0, 0.1) is 5.92 Å². The Bertz CT molecular complexity index is 101. The molecule has 0 aromatic rings. The molecule has 0 aliphatic heterocycles. The number of carbonyl (C=O) groups is 1. The molecule has 0 aromatic carbocycles. The molecule has 0 saturated heterocycles. The van der Waals surface area contributed by atoms with Crippen LogP contribution in [0.1, 0.15) is 13.8 Å². The molecule has 1 N–H and O–H groups in total. The molecular weight excluding hydrogens is 130 g/mol. The molecule has 2 nitrogen and oxygen atoms in total. The van der Waals surface area contributed by atoms with Crippen molar-refractivity contribution in [3.63, 3.8) is 0 Å². The number of rotatable bonds is 2. The van der Waals surface area contributed by atoms with Gasteiger partial charge in [0.15, 0.2) is 0 Å². The molecule has 0 radical (unpaired) electrons. The van der Waals surface area contributed by atoms with E-state index in [0.29, 0.717) is 0 Å². The van der Waals surface area contributed by atoms with Gasteiger partial charge in [0.2, 0.25) is 5.91 Å². The van der Waals surface area contributed by atoms with Crippen LogP contribution in [0.5, 0.6) is 0 Å². The van der Waals surface area contributed by atoms with Gasteiger partial charge in [-0.25, -0.2) is 0 Å². The Morgan fingerprint density at radius 3 is 2.00 bits per heavy atom. The van der Waals surface area contributed by atoms with Crippen LogP contribution in [0.15, 0.2) is 0 Å². The first-order chi connectivity index (χ1) is 4.04. The topological polar surface area (TPSA) is 29.1 Å². The van der Waals surface area contributed by atoms with Gasteiger partial charge >= 0.3 is 0 Å². The molecule has 0 aliphatic rings. The van der Waals surface area contributed by atoms with Gasteiger partial charge in [-0.15, -0.1) is 0 Å². The van der Waals surface area contributed by atoms with Gasteiger partial charge in [0.05, 0.1) is 0 Å². The minimum absolute atomic E-state index is 0.139. The molecular formula is C6H15NOSi. The van der Waals surface area contributed by atoms with Gasteiger partial charge in [0.25, 0.3) is 0 Å². The van der Waals surface area contributed by atoms with E-state index in [0.717, 1.165) is 0 Å². The van der Waals surface area contributed by atoms with E-state index in [1.807, 2.05) is 13.8 Å². The molecule has 0 aliphatic carbocycles. The lowest BCUT2D eigenvalue weighted by atomic mass is 10.2. The standard InChI is InChI=1S/C6H15NOSi/c1-5(2)6(8)7-9(3)4/h5,9H,1-4H3,(H,7,8). The lowest BCUT2D eigenvalue weighted by molar-refractivity contribution is -0.122. The maximum absolute atomic E-state index is 10.9. The Kier molecular flexibility index (Phi) is 3.54. The molecule has 0 rings (SSSR count). The smallest absolute Gasteiger partial charge is 0.214 e. The summed E-state index contributed by atoms with van der Waals surface area (Å²) in [5.74, 6) is 0.330. The largest absolute Gasteiger partial charge is 0.385 e. The molecule has 3 heteroatoms. The van der Waals surface area contributed by atoms with Crippen molar-refractivity contribution >= 4 is 14.9 Å². The fourth-order valence-corrected chi connectivity index (χ4v) is 1.35. The van der Waals surface area contributed by atoms with E-state index >= 15 is 0 Å². The average molecular weight is 145 g/mol. The number of amides is 1. The third kappa shape index (κ3) is 4.21. The summed E-state index contributed by atoms with van der Waals surface area (Å²) >= 11 is 0. The molecule has 0 bridgehead atoms. The van der Waals surface area contributed by atoms with Crippen LogP contribution in [-0.4, -0.2) is 14.9 Å². The van der Waals surface area contributed by atoms with Gasteiger partial charge in [-0.05, 0) is 0 Å². The first-order valence-electron chi connectivity index (χ1n) is 3.34. The molecule has 1 amide bonds. The lowest BCUT2D eigenvalue weighted by Crippen LogP contribution is -2.36. The molecule has 0 saturated carbocycles. The van der Waals surface area contributed by atoms with Gasteiger partial charge in [-0.1, -0.05) is 26.9 Å². The molecule has 54 valence electrons. The van der Waals surface area contributed by atoms with Crippen LogP contribution in [0.2, 0.25) is 13.1 Å². The van der Waals surface area contributed by atoms with Crippen molar-refractivity contribution < 1.29 is 4.79 Å². The Hall–Kier alpha value is -0.313. The summed E-state index contributed by atoms with van der Waals surface area (Å²) in [4.78, 5) is 13.8. The van der Waals surface area contributed by atoms with Crippen molar-refractivity contribution in [1.82, 2.24) is 4.98 Å². The second-order valence-electron chi connectivity index (χ2n) is 2.82. The summed E-state index contributed by atoms with van der Waals surface area (Å²) in [6.07, 6.45) is 0. The molecule has 0 atom stereocenters. The van der Waals surface area contributed by atoms with Crippen LogP contribution in [0.25, 0.3) is 0 Å². The molecule has 0 fully saturated rings. The number of hydrogen-bond acceptors (Lipinski definition) is 1. The van der Waals surface area contributed by atoms with E-state index in [2.05, 4.69) is 18.1 Å². The third-order valence-electron chi connectivity index (χ3n) is 0.955. The molecule has 0 unspecified atom stereocenters. The van der Waals surface area contributed by atoms with E-state index in [1.54, 1.807) is 0 Å². The highest BCUT2D eigenvalue weighted by Crippen LogP contribution is 1.90. The zero-order chi connectivity index (χ0) is 7.44. The molecule has 9 heavy (non-hydrogen) atoms. The summed E-state index contributed by atoms with van der Waals surface area (Å²) in [5, 5.41) is 0. The fourth-order valence-electron chi connectivity index (χ4n) is 0.451. The average Bonchev–Trinajstić information content (AvgIpc) is 1.63. The number of carbonyl (C=O) groups excluding carboxylic acids is 1. The van der Waals surface area contributed by atoms with E-state index in [4.69, 9.17) is 0 Å². The van der Waals surface area contributed by atoms with Crippen molar-refractivity contribution in [2.75, 3.05) is 0 Å². The number of nitrogens with one attached hydrogen (secondary N) is 1. The zero-order valence-corrected chi connectivity index (χ0v) is 7.72. The van der Waals surface area contributed by atoms with Gasteiger partial charge in [0, 0.05) is 5.92 Å². The minimum Gasteiger partial charge on any atom is -0.385 e. The van der Waals surface area contributed by atoms with Gasteiger partial charge in [0.1, 0.15) is 8.96 Å². The summed E-state index contributed by atoms with van der Waals surface area (Å²) in [5.41, 5.74) is 0. The Morgan fingerprint density at radius 1 is 1.44 bits per heavy atom. The fraction of sp³-hybridized carbons (Fsp3) is 0.833. The maximum atomic E-state index is 10.9. The van der Waals surface area contributed by atoms with Crippen LogP contribution in [0.4, 0.5) is 0 Å². The molecule has 0 spiro atoms. The zero-order valence-electron chi connectivity index (χ0n) is 6.56. The highest BCUT2D eigenvalue weighted by molar-refractivity contribution is 6.56. The highest BCUT2D eigenvalue weighted by atomic mass is 28.3. The first kappa shape index (κ1) is 8.69. The van der Waals surface area contributed by atoms with Crippen molar-refractivity contribution in [2.45, 2.75) is 26.9 Å². The quantitative estimate of drug-likeness (QED) is 0.571. The van der Waals surface area contributed by atoms with Crippen molar-refractivity contribution in [1.29, 1.82) is 0 Å². The normalized spacial score (nSPS) is 10.4. The summed E-state index contributed by atoms with van der Waals surface area (Å²) < 4.78 is 0. The second kappa shape index (κ2) is 3.66. The predicted octanol–water partition coefficient (Wildman–Crippen LogP) is 0.742. The highest BCUT2D eigenvalue weighted by Gasteiger charge is 2.06. The molecule has 0 aromatic heterocycles. The van der Waals surface area contributed by atoms with Crippen LogP contribution < -0.4 is 4.98 Å². The van der Waals surface area contributed by atoms with Crippen molar-refractivity contribution in [3.05, 3.63) is 0 Å². The monoisotopic (exact) mass is 145 g/mol. The van der Waals surface area contributed by atoms with Crippen LogP contribution in [0.3, 0.4) is 0 Å².